The third-order valence-electron chi connectivity index (χ3n) is 4.94. The molecule has 2 aromatic rings. The van der Waals surface area contributed by atoms with Crippen LogP contribution in [0.25, 0.3) is 0 Å². The van der Waals surface area contributed by atoms with E-state index in [1.54, 1.807) is 0 Å². The molecule has 0 aliphatic carbocycles. The molecular formula is C19H25N3O2. The fourth-order valence-electron chi connectivity index (χ4n) is 3.49. The lowest BCUT2D eigenvalue weighted by Gasteiger charge is -2.22. The molecule has 1 N–H and O–H groups in total. The van der Waals surface area contributed by atoms with Gasteiger partial charge in [0.1, 0.15) is 0 Å². The first-order valence-corrected chi connectivity index (χ1v) is 8.46. The number of nitrogens with one attached hydrogen (secondary N) is 1. The molecule has 5 heteroatoms. The fourth-order valence-corrected chi connectivity index (χ4v) is 3.49. The van der Waals surface area contributed by atoms with Crippen molar-refractivity contribution in [2.24, 2.45) is 13.0 Å². The van der Waals surface area contributed by atoms with E-state index in [2.05, 4.69) is 10.4 Å². The number of nitrogens with zero attached hydrogens (tertiary/aromatic N) is 2. The van der Waals surface area contributed by atoms with Gasteiger partial charge in [0.2, 0.25) is 5.91 Å². The van der Waals surface area contributed by atoms with Gasteiger partial charge in [-0.1, -0.05) is 30.3 Å². The Labute approximate surface area is 143 Å². The molecule has 1 saturated heterocycles. The maximum atomic E-state index is 12.8. The Morgan fingerprint density at radius 1 is 1.33 bits per heavy atom. The van der Waals surface area contributed by atoms with Crippen molar-refractivity contribution in [3.63, 3.8) is 0 Å². The monoisotopic (exact) mass is 327 g/mol. The van der Waals surface area contributed by atoms with E-state index in [-0.39, 0.29) is 24.0 Å². The van der Waals surface area contributed by atoms with Crippen molar-refractivity contribution in [3.8, 4) is 0 Å². The van der Waals surface area contributed by atoms with Gasteiger partial charge in [0.15, 0.2) is 0 Å². The van der Waals surface area contributed by atoms with Crippen LogP contribution in [0.5, 0.6) is 0 Å². The lowest BCUT2D eigenvalue weighted by atomic mass is 9.92. The number of aryl methyl sites for hydroxylation is 2. The van der Waals surface area contributed by atoms with Crippen LogP contribution in [0.2, 0.25) is 0 Å². The number of benzene rings is 1. The highest BCUT2D eigenvalue weighted by Crippen LogP contribution is 2.38. The molecule has 1 aromatic heterocycles. The average molecular weight is 327 g/mol. The highest BCUT2D eigenvalue weighted by atomic mass is 16.5. The maximum absolute atomic E-state index is 12.8. The zero-order valence-electron chi connectivity index (χ0n) is 14.7. The van der Waals surface area contributed by atoms with Gasteiger partial charge in [-0.3, -0.25) is 9.48 Å². The normalized spacial score (nSPS) is 21.7. The molecule has 1 aliphatic heterocycles. The Morgan fingerprint density at radius 2 is 2.04 bits per heavy atom. The molecule has 0 saturated carbocycles. The second-order valence-corrected chi connectivity index (χ2v) is 6.54. The van der Waals surface area contributed by atoms with Crippen molar-refractivity contribution >= 4 is 5.91 Å². The van der Waals surface area contributed by atoms with Crippen molar-refractivity contribution in [2.45, 2.75) is 39.3 Å². The second-order valence-electron chi connectivity index (χ2n) is 6.54. The van der Waals surface area contributed by atoms with Gasteiger partial charge in [0.05, 0.1) is 23.8 Å². The third kappa shape index (κ3) is 3.08. The summed E-state index contributed by atoms with van der Waals surface area (Å²) < 4.78 is 7.78. The lowest BCUT2D eigenvalue weighted by molar-refractivity contribution is -0.127. The van der Waals surface area contributed by atoms with Gasteiger partial charge < -0.3 is 10.1 Å². The highest BCUT2D eigenvalue weighted by molar-refractivity contribution is 5.80. The summed E-state index contributed by atoms with van der Waals surface area (Å²) in [6.07, 6.45) is 0.535. The Morgan fingerprint density at radius 3 is 2.67 bits per heavy atom. The molecule has 3 rings (SSSR count). The van der Waals surface area contributed by atoms with Crippen molar-refractivity contribution < 1.29 is 9.53 Å². The number of hydrogen-bond donors (Lipinski definition) is 1. The minimum absolute atomic E-state index is 0.0176. The van der Waals surface area contributed by atoms with Gasteiger partial charge in [0.25, 0.3) is 0 Å². The highest BCUT2D eigenvalue weighted by Gasteiger charge is 2.38. The summed E-state index contributed by atoms with van der Waals surface area (Å²) in [6, 6.07) is 10.00. The van der Waals surface area contributed by atoms with Crippen molar-refractivity contribution in [1.82, 2.24) is 15.1 Å². The number of carbonyl (C=O) groups is 1. The number of aromatic nitrogens is 2. The first-order chi connectivity index (χ1) is 11.5. The van der Waals surface area contributed by atoms with Gasteiger partial charge >= 0.3 is 0 Å². The molecule has 0 spiro atoms. The summed E-state index contributed by atoms with van der Waals surface area (Å²) in [4.78, 5) is 12.8. The molecule has 1 fully saturated rings. The Kier molecular flexibility index (Phi) is 4.71. The lowest BCUT2D eigenvalue weighted by Crippen LogP contribution is -2.34. The summed E-state index contributed by atoms with van der Waals surface area (Å²) >= 11 is 0. The smallest absolute Gasteiger partial charge is 0.226 e. The molecule has 1 aliphatic rings. The standard InChI is InChI=1S/C19H25N3O2/c1-12(15-8-6-5-7-9-15)20-19(23)16-10-11-24-18(16)17-13(2)21-22(4)14(17)3/h5-9,12,16,18H,10-11H2,1-4H3,(H,20,23)/t12-,16+,18+/m1/s1. The predicted molar refractivity (Wildman–Crippen MR) is 92.5 cm³/mol. The van der Waals surface area contributed by atoms with Crippen LogP contribution in [0.4, 0.5) is 0 Å². The Bertz CT molecular complexity index is 724. The van der Waals surface area contributed by atoms with Gasteiger partial charge in [-0.15, -0.1) is 0 Å². The van der Waals surface area contributed by atoms with E-state index in [1.165, 1.54) is 0 Å². The van der Waals surface area contributed by atoms with E-state index in [4.69, 9.17) is 4.74 Å². The molecular weight excluding hydrogens is 302 g/mol. The molecule has 0 radical (unpaired) electrons. The van der Waals surface area contributed by atoms with Crippen LogP contribution in [0.15, 0.2) is 30.3 Å². The van der Waals surface area contributed by atoms with E-state index in [0.717, 1.165) is 28.9 Å². The molecule has 5 nitrogen and oxygen atoms in total. The summed E-state index contributed by atoms with van der Waals surface area (Å²) in [5.41, 5.74) is 4.17. The number of amides is 1. The second kappa shape index (κ2) is 6.77. The molecule has 2 heterocycles. The zero-order valence-corrected chi connectivity index (χ0v) is 14.7. The Balaban J connectivity index is 1.77. The quantitative estimate of drug-likeness (QED) is 0.939. The minimum atomic E-state index is -0.207. The van der Waals surface area contributed by atoms with Crippen molar-refractivity contribution in [3.05, 3.63) is 52.8 Å². The van der Waals surface area contributed by atoms with Crippen LogP contribution in [0.3, 0.4) is 0 Å². The fraction of sp³-hybridized carbons (Fsp3) is 0.474. The molecule has 0 unspecified atom stereocenters. The third-order valence-corrected chi connectivity index (χ3v) is 4.94. The van der Waals surface area contributed by atoms with Crippen molar-refractivity contribution in [2.75, 3.05) is 6.61 Å². The van der Waals surface area contributed by atoms with E-state index in [1.807, 2.05) is 62.8 Å². The number of carbonyl (C=O) groups excluding carboxylic acids is 1. The zero-order chi connectivity index (χ0) is 17.3. The van der Waals surface area contributed by atoms with E-state index in [0.29, 0.717) is 6.61 Å². The molecule has 24 heavy (non-hydrogen) atoms. The first-order valence-electron chi connectivity index (χ1n) is 8.46. The van der Waals surface area contributed by atoms with Crippen LogP contribution in [-0.2, 0) is 16.6 Å². The molecule has 1 amide bonds. The molecule has 1 aromatic carbocycles. The van der Waals surface area contributed by atoms with Crippen LogP contribution >= 0.6 is 0 Å². The van der Waals surface area contributed by atoms with Crippen LogP contribution in [0, 0.1) is 19.8 Å². The van der Waals surface area contributed by atoms with Gasteiger partial charge in [0, 0.05) is 24.9 Å². The van der Waals surface area contributed by atoms with Crippen molar-refractivity contribution in [1.29, 1.82) is 0 Å². The average Bonchev–Trinajstić information content (AvgIpc) is 3.13. The minimum Gasteiger partial charge on any atom is -0.373 e. The molecule has 0 bridgehead atoms. The van der Waals surface area contributed by atoms with Gasteiger partial charge in [-0.05, 0) is 32.8 Å². The van der Waals surface area contributed by atoms with E-state index in [9.17, 15) is 4.79 Å². The number of hydrogen-bond acceptors (Lipinski definition) is 3. The SMILES string of the molecule is Cc1nn(C)c(C)c1[C@H]1OCC[C@@H]1C(=O)N[C@H](C)c1ccccc1. The summed E-state index contributed by atoms with van der Waals surface area (Å²) in [5, 5.41) is 7.60. The van der Waals surface area contributed by atoms with E-state index >= 15 is 0 Å². The largest absolute Gasteiger partial charge is 0.373 e. The summed E-state index contributed by atoms with van der Waals surface area (Å²) in [6.45, 7) is 6.62. The van der Waals surface area contributed by atoms with Crippen LogP contribution < -0.4 is 5.32 Å². The van der Waals surface area contributed by atoms with Gasteiger partial charge in [-0.25, -0.2) is 0 Å². The number of rotatable bonds is 4. The van der Waals surface area contributed by atoms with Gasteiger partial charge in [-0.2, -0.15) is 5.10 Å². The summed E-state index contributed by atoms with van der Waals surface area (Å²) in [7, 11) is 1.92. The maximum Gasteiger partial charge on any atom is 0.226 e. The first kappa shape index (κ1) is 16.7. The van der Waals surface area contributed by atoms with E-state index < -0.39 is 0 Å². The Hall–Kier alpha value is -2.14. The molecule has 128 valence electrons. The van der Waals surface area contributed by atoms with Crippen LogP contribution in [-0.4, -0.2) is 22.3 Å². The predicted octanol–water partition coefficient (Wildman–Crippen LogP) is 2.99. The molecule has 3 atom stereocenters. The van der Waals surface area contributed by atoms with Crippen LogP contribution in [0.1, 0.15) is 48.0 Å². The number of ether oxygens (including phenoxy) is 1. The topological polar surface area (TPSA) is 56.2 Å². The summed E-state index contributed by atoms with van der Waals surface area (Å²) in [5.74, 6) is -0.116.